The smallest absolute Gasteiger partial charge is 0.0997 e. The van der Waals surface area contributed by atoms with Crippen LogP contribution in [0.3, 0.4) is 0 Å². The van der Waals surface area contributed by atoms with Gasteiger partial charge >= 0.3 is 0 Å². The van der Waals surface area contributed by atoms with Crippen molar-refractivity contribution in [3.8, 4) is 6.07 Å². The summed E-state index contributed by atoms with van der Waals surface area (Å²) in [5.41, 5.74) is 1.58. The fourth-order valence-electron chi connectivity index (χ4n) is 0.842. The molecule has 1 rings (SSSR count). The molecule has 0 aliphatic heterocycles. The normalized spacial score (nSPS) is 8.75. The van der Waals surface area contributed by atoms with Crippen LogP contribution >= 0.6 is 31.9 Å². The van der Waals surface area contributed by atoms with E-state index in [2.05, 4.69) is 37.9 Å². The molecule has 1 aromatic rings. The van der Waals surface area contributed by atoms with Crippen molar-refractivity contribution in [1.29, 1.82) is 5.26 Å². The maximum absolute atomic E-state index is 8.72. The predicted octanol–water partition coefficient (Wildman–Crippen LogP) is 3.65. The second-order valence-corrected chi connectivity index (χ2v) is 4.91. The third kappa shape index (κ3) is 2.47. The lowest BCUT2D eigenvalue weighted by Crippen LogP contribution is -1.79. The van der Waals surface area contributed by atoms with Crippen LogP contribution in [0.25, 0.3) is 6.08 Å². The molecule has 0 unspecified atom stereocenters. The van der Waals surface area contributed by atoms with Gasteiger partial charge in [-0.15, -0.1) is 0 Å². The van der Waals surface area contributed by atoms with Crippen molar-refractivity contribution in [3.63, 3.8) is 0 Å². The summed E-state index contributed by atoms with van der Waals surface area (Å²) < 4.78 is 0.831. The molecule has 0 atom stereocenters. The molecule has 12 heavy (non-hydrogen) atoms. The number of halogens is 2. The second kappa shape index (κ2) is 4.44. The molecule has 0 saturated heterocycles. The lowest BCUT2D eigenvalue weighted by molar-refractivity contribution is 1.47. The molecule has 0 aromatic heterocycles. The molecule has 0 N–H and O–H groups in total. The van der Waals surface area contributed by atoms with Gasteiger partial charge < -0.3 is 0 Å². The zero-order valence-electron chi connectivity index (χ0n) is 6.09. The maximum atomic E-state index is 8.72. The third-order valence-corrected chi connectivity index (χ3v) is 1.80. The summed E-state index contributed by atoms with van der Waals surface area (Å²) in [4.78, 5) is 0. The highest BCUT2D eigenvalue weighted by molar-refractivity contribution is 9.28. The SMILES string of the molecule is N#Cc1ccccc1C=C(Br)Br. The first-order chi connectivity index (χ1) is 5.74. The summed E-state index contributed by atoms with van der Waals surface area (Å²) in [6.45, 7) is 0. The first-order valence-corrected chi connectivity index (χ1v) is 4.84. The third-order valence-electron chi connectivity index (χ3n) is 1.35. The van der Waals surface area contributed by atoms with Gasteiger partial charge in [0, 0.05) is 0 Å². The van der Waals surface area contributed by atoms with E-state index >= 15 is 0 Å². The maximum Gasteiger partial charge on any atom is 0.0997 e. The van der Waals surface area contributed by atoms with Crippen LogP contribution < -0.4 is 0 Å². The number of nitriles is 1. The number of rotatable bonds is 1. The standard InChI is InChI=1S/C9H5Br2N/c10-9(11)5-7-3-1-2-4-8(7)6-12/h1-5H. The fourth-order valence-corrected chi connectivity index (χ4v) is 1.34. The van der Waals surface area contributed by atoms with Crippen LogP contribution in [-0.4, -0.2) is 0 Å². The van der Waals surface area contributed by atoms with E-state index in [4.69, 9.17) is 5.26 Å². The minimum Gasteiger partial charge on any atom is -0.192 e. The molecule has 60 valence electrons. The van der Waals surface area contributed by atoms with Gasteiger partial charge in [-0.3, -0.25) is 0 Å². The average Bonchev–Trinajstić information content (AvgIpc) is 2.04. The summed E-state index contributed by atoms with van der Waals surface area (Å²) in [6.07, 6.45) is 1.85. The largest absolute Gasteiger partial charge is 0.192 e. The highest BCUT2D eigenvalue weighted by Crippen LogP contribution is 2.19. The van der Waals surface area contributed by atoms with Crippen molar-refractivity contribution < 1.29 is 0 Å². The summed E-state index contributed by atoms with van der Waals surface area (Å²) in [5, 5.41) is 8.72. The van der Waals surface area contributed by atoms with Crippen molar-refractivity contribution in [2.45, 2.75) is 0 Å². The first-order valence-electron chi connectivity index (χ1n) is 3.26. The van der Waals surface area contributed by atoms with Crippen LogP contribution in [0.2, 0.25) is 0 Å². The summed E-state index contributed by atoms with van der Waals surface area (Å²) >= 11 is 6.49. The summed E-state index contributed by atoms with van der Waals surface area (Å²) in [5.74, 6) is 0. The van der Waals surface area contributed by atoms with Crippen LogP contribution in [-0.2, 0) is 0 Å². The number of nitrogens with zero attached hydrogens (tertiary/aromatic N) is 1. The minimum absolute atomic E-state index is 0.675. The number of hydrogen-bond acceptors (Lipinski definition) is 1. The molecule has 0 spiro atoms. The lowest BCUT2D eigenvalue weighted by atomic mass is 10.1. The van der Waals surface area contributed by atoms with Crippen molar-refractivity contribution in [1.82, 2.24) is 0 Å². The Morgan fingerprint density at radius 1 is 1.33 bits per heavy atom. The molecule has 0 heterocycles. The number of hydrogen-bond donors (Lipinski definition) is 0. The van der Waals surface area contributed by atoms with Crippen molar-refractivity contribution in [2.75, 3.05) is 0 Å². The van der Waals surface area contributed by atoms with E-state index < -0.39 is 0 Å². The highest BCUT2D eigenvalue weighted by atomic mass is 79.9. The highest BCUT2D eigenvalue weighted by Gasteiger charge is 1.96. The van der Waals surface area contributed by atoms with Gasteiger partial charge in [0.05, 0.1) is 15.0 Å². The van der Waals surface area contributed by atoms with E-state index in [9.17, 15) is 0 Å². The number of benzene rings is 1. The Labute approximate surface area is 88.0 Å². The van der Waals surface area contributed by atoms with E-state index in [1.807, 2.05) is 24.3 Å². The van der Waals surface area contributed by atoms with E-state index in [1.165, 1.54) is 0 Å². The van der Waals surface area contributed by atoms with Crippen molar-refractivity contribution in [3.05, 3.63) is 38.8 Å². The van der Waals surface area contributed by atoms with Gasteiger partial charge in [0.25, 0.3) is 0 Å². The zero-order chi connectivity index (χ0) is 8.97. The summed E-state index contributed by atoms with van der Waals surface area (Å²) in [6, 6.07) is 9.53. The molecule has 1 nitrogen and oxygen atoms in total. The summed E-state index contributed by atoms with van der Waals surface area (Å²) in [7, 11) is 0. The van der Waals surface area contributed by atoms with E-state index in [-0.39, 0.29) is 0 Å². The monoisotopic (exact) mass is 285 g/mol. The second-order valence-electron chi connectivity index (χ2n) is 2.13. The molecule has 0 bridgehead atoms. The van der Waals surface area contributed by atoms with Crippen LogP contribution in [0, 0.1) is 11.3 Å². The molecule has 0 amide bonds. The van der Waals surface area contributed by atoms with Crippen molar-refractivity contribution >= 4 is 37.9 Å². The van der Waals surface area contributed by atoms with Gasteiger partial charge in [-0.1, -0.05) is 18.2 Å². The molecule has 3 heteroatoms. The van der Waals surface area contributed by atoms with Gasteiger partial charge in [0.15, 0.2) is 0 Å². The Balaban J connectivity index is 3.17. The molecule has 0 aliphatic rings. The Bertz CT molecular complexity index is 346. The molecule has 1 aromatic carbocycles. The van der Waals surface area contributed by atoms with Gasteiger partial charge in [0.1, 0.15) is 0 Å². The van der Waals surface area contributed by atoms with Crippen molar-refractivity contribution in [2.24, 2.45) is 0 Å². The lowest BCUT2D eigenvalue weighted by Gasteiger charge is -1.95. The Hall–Kier alpha value is -0.590. The van der Waals surface area contributed by atoms with Gasteiger partial charge in [-0.2, -0.15) is 5.26 Å². The van der Waals surface area contributed by atoms with E-state index in [0.717, 1.165) is 8.96 Å². The molecule has 0 aliphatic carbocycles. The molecular weight excluding hydrogens is 282 g/mol. The minimum atomic E-state index is 0.675. The Morgan fingerprint density at radius 3 is 2.58 bits per heavy atom. The molecular formula is C9H5Br2N. The molecule has 0 saturated carbocycles. The first kappa shape index (κ1) is 9.50. The molecule has 0 fully saturated rings. The molecule has 0 radical (unpaired) electrons. The van der Waals surface area contributed by atoms with Crippen LogP contribution in [0.4, 0.5) is 0 Å². The van der Waals surface area contributed by atoms with E-state index in [1.54, 1.807) is 6.07 Å². The van der Waals surface area contributed by atoms with Crippen LogP contribution in [0.5, 0.6) is 0 Å². The predicted molar refractivity (Wildman–Crippen MR) is 57.0 cm³/mol. The topological polar surface area (TPSA) is 23.8 Å². The Kier molecular flexibility index (Phi) is 3.51. The van der Waals surface area contributed by atoms with E-state index in [0.29, 0.717) is 5.56 Å². The average molecular weight is 287 g/mol. The van der Waals surface area contributed by atoms with Gasteiger partial charge in [-0.25, -0.2) is 0 Å². The fraction of sp³-hybridized carbons (Fsp3) is 0. The Morgan fingerprint density at radius 2 is 2.00 bits per heavy atom. The zero-order valence-corrected chi connectivity index (χ0v) is 9.26. The van der Waals surface area contributed by atoms with Gasteiger partial charge in [0.2, 0.25) is 0 Å². The quantitative estimate of drug-likeness (QED) is 0.773. The van der Waals surface area contributed by atoms with Crippen LogP contribution in [0.1, 0.15) is 11.1 Å². The van der Waals surface area contributed by atoms with Gasteiger partial charge in [-0.05, 0) is 49.6 Å². The van der Waals surface area contributed by atoms with Crippen LogP contribution in [0.15, 0.2) is 27.7 Å².